The van der Waals surface area contributed by atoms with Gasteiger partial charge in [0.25, 0.3) is 0 Å². The van der Waals surface area contributed by atoms with Crippen molar-refractivity contribution in [2.24, 2.45) is 46.3 Å². The van der Waals surface area contributed by atoms with Crippen molar-refractivity contribution in [3.63, 3.8) is 0 Å². The minimum Gasteiger partial charge on any atom is -0.388 e. The first kappa shape index (κ1) is 55.0. The fourth-order valence-corrected chi connectivity index (χ4v) is 14.9. The monoisotopic (exact) mass is 928 g/mol. The molecule has 4 aliphatic carbocycles. The Kier molecular flexibility index (Phi) is 24.3. The molecular weight excluding hydrogens is 827 g/mol. The molecule has 4 fully saturated rings. The molecule has 1 heterocycles. The molecule has 0 aromatic rings. The number of nitrogens with one attached hydrogen (secondary N) is 1. The van der Waals surface area contributed by atoms with Crippen LogP contribution >= 0.6 is 11.8 Å². The highest BCUT2D eigenvalue weighted by Gasteiger charge is 2.59. The third kappa shape index (κ3) is 16.3. The standard InChI is InChI=1S/C57H101NO6S/c1-7-8-9-10-11-12-13-14-15-16-17-18-19-20-23-29-51(59)58-41-50-52(60)53(61)54(62)55(64-50)65-39-25-22-21-24-38-63-45-34-36-56(5)44(40-45)30-31-46-48-33-32-47(43(4)28-26-27-42(2)3)57(48,6)37-35-49(46)56/h14-15,30,42-43,45-50,52-55,60-62H,7-13,16-29,31-41H2,1-6H3,(H,58,59)/b15-14-/t43-,45+,46?,47-,48?,49?,50-,52+,53+,54-,55+,56+,57-/m1/s1. The van der Waals surface area contributed by atoms with Crippen LogP contribution in [0.4, 0.5) is 0 Å². The summed E-state index contributed by atoms with van der Waals surface area (Å²) < 4.78 is 12.6. The van der Waals surface area contributed by atoms with E-state index in [1.807, 2.05) is 0 Å². The van der Waals surface area contributed by atoms with Crippen LogP contribution in [0.5, 0.6) is 0 Å². The van der Waals surface area contributed by atoms with Gasteiger partial charge in [0.05, 0.1) is 6.10 Å². The van der Waals surface area contributed by atoms with E-state index in [0.29, 0.717) is 23.4 Å². The molecule has 1 amide bonds. The van der Waals surface area contributed by atoms with E-state index in [1.54, 1.807) is 5.57 Å². The van der Waals surface area contributed by atoms with E-state index in [9.17, 15) is 20.1 Å². The molecule has 5 rings (SSSR count). The molecule has 0 aromatic carbocycles. The summed E-state index contributed by atoms with van der Waals surface area (Å²) in [4.78, 5) is 12.6. The van der Waals surface area contributed by atoms with Gasteiger partial charge >= 0.3 is 0 Å². The zero-order chi connectivity index (χ0) is 46.7. The number of ether oxygens (including phenoxy) is 2. The molecule has 3 saturated carbocycles. The average molecular weight is 929 g/mol. The maximum Gasteiger partial charge on any atom is 0.220 e. The van der Waals surface area contributed by atoms with E-state index >= 15 is 0 Å². The molecule has 4 N–H and O–H groups in total. The average Bonchev–Trinajstić information content (AvgIpc) is 3.65. The van der Waals surface area contributed by atoms with Crippen LogP contribution in [0.15, 0.2) is 23.8 Å². The highest BCUT2D eigenvalue weighted by Crippen LogP contribution is 2.67. The summed E-state index contributed by atoms with van der Waals surface area (Å²) in [6.45, 7) is 15.9. The molecule has 65 heavy (non-hydrogen) atoms. The molecular formula is C57H101NO6S. The second-order valence-corrected chi connectivity index (χ2v) is 24.2. The van der Waals surface area contributed by atoms with Crippen molar-refractivity contribution in [2.75, 3.05) is 18.9 Å². The van der Waals surface area contributed by atoms with E-state index in [1.165, 1.54) is 134 Å². The summed E-state index contributed by atoms with van der Waals surface area (Å²) >= 11 is 1.50. The van der Waals surface area contributed by atoms with Crippen molar-refractivity contribution in [1.29, 1.82) is 0 Å². The van der Waals surface area contributed by atoms with Crippen LogP contribution in [0, 0.1) is 46.3 Å². The third-order valence-corrected chi connectivity index (χ3v) is 19.0. The summed E-state index contributed by atoms with van der Waals surface area (Å²) in [5.41, 5.74) is 2.00. The highest BCUT2D eigenvalue weighted by atomic mass is 32.2. The molecule has 376 valence electrons. The normalized spacial score (nSPS) is 34.0. The quantitative estimate of drug-likeness (QED) is 0.0405. The van der Waals surface area contributed by atoms with Gasteiger partial charge in [0.15, 0.2) is 0 Å². The fraction of sp³-hybridized carbons (Fsp3) is 0.912. The molecule has 7 nitrogen and oxygen atoms in total. The largest absolute Gasteiger partial charge is 0.388 e. The van der Waals surface area contributed by atoms with Crippen LogP contribution in [0.2, 0.25) is 0 Å². The molecule has 0 radical (unpaired) electrons. The number of carbonyl (C=O) groups is 1. The zero-order valence-electron chi connectivity index (χ0n) is 42.8. The SMILES string of the molecule is CCCCCCCC/C=C\CCCCCCCC(=O)NC[C@H]1O[C@@H](SCCCCCCO[C@H]2CC[C@@]3(C)C(=CCC4C3CC[C@@]3(C)C4CC[C@@H]3[C@H](C)CCCC(C)C)C2)[C@H](O)[C@@H](O)[C@H]1O. The van der Waals surface area contributed by atoms with Crippen molar-refractivity contribution in [3.8, 4) is 0 Å². The van der Waals surface area contributed by atoms with E-state index < -0.39 is 29.9 Å². The van der Waals surface area contributed by atoms with Crippen molar-refractivity contribution >= 4 is 17.7 Å². The number of aliphatic hydroxyl groups is 3. The Morgan fingerprint density at radius 3 is 2.23 bits per heavy atom. The first-order valence-corrected chi connectivity index (χ1v) is 29.0. The maximum absolute atomic E-state index is 12.6. The van der Waals surface area contributed by atoms with Crippen LogP contribution in [-0.2, 0) is 14.3 Å². The Hall–Kier alpha value is -0.900. The molecule has 13 atom stereocenters. The number of fused-ring (bicyclic) bond motifs is 5. The van der Waals surface area contributed by atoms with Gasteiger partial charge in [-0.1, -0.05) is 149 Å². The van der Waals surface area contributed by atoms with Crippen LogP contribution in [0.25, 0.3) is 0 Å². The van der Waals surface area contributed by atoms with E-state index in [2.05, 4.69) is 65.1 Å². The molecule has 0 bridgehead atoms. The van der Waals surface area contributed by atoms with Crippen molar-refractivity contribution in [2.45, 2.75) is 264 Å². The number of hydrogen-bond acceptors (Lipinski definition) is 7. The summed E-state index contributed by atoms with van der Waals surface area (Å²) in [7, 11) is 0. The summed E-state index contributed by atoms with van der Waals surface area (Å²) in [5, 5.41) is 34.8. The van der Waals surface area contributed by atoms with Gasteiger partial charge in [-0.2, -0.15) is 0 Å². The highest BCUT2D eigenvalue weighted by molar-refractivity contribution is 7.99. The first-order chi connectivity index (χ1) is 31.4. The summed E-state index contributed by atoms with van der Waals surface area (Å²) in [6, 6.07) is 0. The van der Waals surface area contributed by atoms with Gasteiger partial charge in [0.2, 0.25) is 5.91 Å². The predicted molar refractivity (Wildman–Crippen MR) is 273 cm³/mol. The lowest BCUT2D eigenvalue weighted by Gasteiger charge is -2.58. The third-order valence-electron chi connectivity index (χ3n) is 17.8. The molecule has 5 aliphatic rings. The smallest absolute Gasteiger partial charge is 0.220 e. The topological polar surface area (TPSA) is 108 Å². The van der Waals surface area contributed by atoms with Crippen LogP contribution in [-0.4, -0.2) is 76.1 Å². The van der Waals surface area contributed by atoms with Gasteiger partial charge in [-0.15, -0.1) is 11.8 Å². The number of aliphatic hydroxyl groups excluding tert-OH is 3. The Labute approximate surface area is 403 Å². The number of allylic oxidation sites excluding steroid dienone is 3. The number of carbonyl (C=O) groups excluding carboxylic acids is 1. The fourth-order valence-electron chi connectivity index (χ4n) is 13.7. The molecule has 0 aromatic heterocycles. The number of rotatable bonds is 31. The number of unbranched alkanes of at least 4 members (excludes halogenated alkanes) is 14. The lowest BCUT2D eigenvalue weighted by molar-refractivity contribution is -0.196. The minimum atomic E-state index is -1.30. The maximum atomic E-state index is 12.6. The van der Waals surface area contributed by atoms with Crippen molar-refractivity contribution in [1.82, 2.24) is 5.32 Å². The van der Waals surface area contributed by atoms with Gasteiger partial charge in [-0.25, -0.2) is 0 Å². The molecule has 8 heteroatoms. The summed E-state index contributed by atoms with van der Waals surface area (Å²) in [6.07, 6.45) is 38.7. The van der Waals surface area contributed by atoms with E-state index in [4.69, 9.17) is 9.47 Å². The summed E-state index contributed by atoms with van der Waals surface area (Å²) in [5.74, 6) is 5.99. The van der Waals surface area contributed by atoms with Gasteiger partial charge in [0.1, 0.15) is 29.9 Å². The zero-order valence-corrected chi connectivity index (χ0v) is 43.6. The lowest BCUT2D eigenvalue weighted by Crippen LogP contribution is -2.59. The first-order valence-electron chi connectivity index (χ1n) is 27.9. The number of amides is 1. The Bertz CT molecular complexity index is 1400. The van der Waals surface area contributed by atoms with E-state index in [-0.39, 0.29) is 12.5 Å². The van der Waals surface area contributed by atoms with Crippen LogP contribution in [0.1, 0.15) is 228 Å². The number of thioether (sulfide) groups is 1. The Morgan fingerprint density at radius 2 is 1.49 bits per heavy atom. The minimum absolute atomic E-state index is 0.0556. The Balaban J connectivity index is 0.893. The van der Waals surface area contributed by atoms with Gasteiger partial charge < -0.3 is 30.1 Å². The molecule has 0 spiro atoms. The lowest BCUT2D eigenvalue weighted by atomic mass is 9.47. The Morgan fingerprint density at radius 1 is 0.800 bits per heavy atom. The molecule has 1 saturated heterocycles. The predicted octanol–water partition coefficient (Wildman–Crippen LogP) is 13.7. The van der Waals surface area contributed by atoms with Crippen molar-refractivity contribution in [3.05, 3.63) is 23.8 Å². The number of hydrogen-bond donors (Lipinski definition) is 4. The van der Waals surface area contributed by atoms with Gasteiger partial charge in [-0.3, -0.25) is 4.79 Å². The van der Waals surface area contributed by atoms with Crippen molar-refractivity contribution < 1.29 is 29.6 Å². The molecule has 1 aliphatic heterocycles. The molecule has 3 unspecified atom stereocenters. The second kappa shape index (κ2) is 28.7. The van der Waals surface area contributed by atoms with Crippen LogP contribution < -0.4 is 5.32 Å². The van der Waals surface area contributed by atoms with E-state index in [0.717, 1.165) is 106 Å². The van der Waals surface area contributed by atoms with Gasteiger partial charge in [0, 0.05) is 19.6 Å². The second-order valence-electron chi connectivity index (χ2n) is 23.0. The van der Waals surface area contributed by atoms with Crippen LogP contribution in [0.3, 0.4) is 0 Å². The van der Waals surface area contributed by atoms with Gasteiger partial charge in [-0.05, 0) is 148 Å².